The maximum atomic E-state index is 11.3. The molecule has 0 atom stereocenters. The molecule has 1 aromatic carbocycles. The molecule has 7 nitrogen and oxygen atoms in total. The maximum absolute atomic E-state index is 11.3. The van der Waals surface area contributed by atoms with Crippen LogP contribution in [0.5, 0.6) is 0 Å². The Hall–Kier alpha value is -2.15. The Morgan fingerprint density at radius 3 is 2.67 bits per heavy atom. The van der Waals surface area contributed by atoms with Gasteiger partial charge < -0.3 is 14.9 Å². The van der Waals surface area contributed by atoms with Crippen LogP contribution in [0.4, 0.5) is 11.4 Å². The molecule has 0 bridgehead atoms. The lowest BCUT2D eigenvalue weighted by Crippen LogP contribution is -2.32. The van der Waals surface area contributed by atoms with Gasteiger partial charge in [-0.05, 0) is 32.0 Å². The zero-order valence-electron chi connectivity index (χ0n) is 12.0. The normalized spacial score (nSPS) is 15.1. The number of nitro groups is 1. The zero-order chi connectivity index (χ0) is 15.4. The summed E-state index contributed by atoms with van der Waals surface area (Å²) in [5.74, 6) is -1.08. The molecule has 0 unspecified atom stereocenters. The minimum Gasteiger partial charge on any atom is -0.478 e. The van der Waals surface area contributed by atoms with Crippen LogP contribution in [0.1, 0.15) is 23.2 Å². The van der Waals surface area contributed by atoms with Crippen molar-refractivity contribution in [1.82, 2.24) is 4.90 Å². The molecule has 114 valence electrons. The molecule has 0 radical (unpaired) electrons. The Bertz CT molecular complexity index is 541. The van der Waals surface area contributed by atoms with Crippen LogP contribution in [0.25, 0.3) is 0 Å². The molecule has 1 fully saturated rings. The quantitative estimate of drug-likeness (QED) is 0.636. The Kier molecular flexibility index (Phi) is 4.74. The molecular weight excluding hydrogens is 274 g/mol. The van der Waals surface area contributed by atoms with Crippen LogP contribution in [0.3, 0.4) is 0 Å². The third kappa shape index (κ3) is 3.69. The summed E-state index contributed by atoms with van der Waals surface area (Å²) in [6.45, 7) is 3.60. The van der Waals surface area contributed by atoms with Crippen molar-refractivity contribution in [2.24, 2.45) is 0 Å². The van der Waals surface area contributed by atoms with Crippen LogP contribution in [-0.2, 0) is 0 Å². The topological polar surface area (TPSA) is 86.9 Å². The summed E-state index contributed by atoms with van der Waals surface area (Å²) < 4.78 is 0. The van der Waals surface area contributed by atoms with E-state index in [0.717, 1.165) is 19.6 Å². The first kappa shape index (κ1) is 15.2. The molecule has 1 saturated heterocycles. The summed E-state index contributed by atoms with van der Waals surface area (Å²) in [7, 11) is 1.77. The number of hydrogen-bond donors (Lipinski definition) is 1. The van der Waals surface area contributed by atoms with Crippen LogP contribution in [-0.4, -0.2) is 54.1 Å². The summed E-state index contributed by atoms with van der Waals surface area (Å²) in [4.78, 5) is 25.7. The first-order valence-electron chi connectivity index (χ1n) is 6.94. The number of carbonyl (C=O) groups is 1. The Morgan fingerprint density at radius 2 is 2.10 bits per heavy atom. The Morgan fingerprint density at radius 1 is 1.43 bits per heavy atom. The van der Waals surface area contributed by atoms with Gasteiger partial charge in [0.15, 0.2) is 0 Å². The van der Waals surface area contributed by atoms with Gasteiger partial charge in [0.2, 0.25) is 0 Å². The van der Waals surface area contributed by atoms with E-state index in [1.54, 1.807) is 11.9 Å². The van der Waals surface area contributed by atoms with Crippen LogP contribution in [0, 0.1) is 10.1 Å². The summed E-state index contributed by atoms with van der Waals surface area (Å²) in [5, 5.41) is 20.1. The highest BCUT2D eigenvalue weighted by atomic mass is 16.6. The fourth-order valence-corrected chi connectivity index (χ4v) is 2.55. The van der Waals surface area contributed by atoms with E-state index in [0.29, 0.717) is 12.2 Å². The number of anilines is 1. The van der Waals surface area contributed by atoms with Crippen molar-refractivity contribution < 1.29 is 14.8 Å². The second-order valence-corrected chi connectivity index (χ2v) is 5.23. The molecule has 1 aliphatic rings. The molecule has 0 aromatic heterocycles. The van der Waals surface area contributed by atoms with Gasteiger partial charge in [-0.1, -0.05) is 0 Å². The fraction of sp³-hybridized carbons (Fsp3) is 0.500. The molecule has 2 rings (SSSR count). The van der Waals surface area contributed by atoms with Gasteiger partial charge in [-0.3, -0.25) is 10.1 Å². The number of carboxylic acids is 1. The molecule has 1 aromatic rings. The predicted molar refractivity (Wildman–Crippen MR) is 79.0 cm³/mol. The van der Waals surface area contributed by atoms with E-state index in [1.165, 1.54) is 31.0 Å². The second kappa shape index (κ2) is 6.53. The molecule has 0 saturated carbocycles. The van der Waals surface area contributed by atoms with Crippen molar-refractivity contribution in [3.63, 3.8) is 0 Å². The minimum atomic E-state index is -1.08. The van der Waals surface area contributed by atoms with Crippen LogP contribution in [0.15, 0.2) is 18.2 Å². The van der Waals surface area contributed by atoms with Gasteiger partial charge >= 0.3 is 5.97 Å². The van der Waals surface area contributed by atoms with Crippen LogP contribution < -0.4 is 4.90 Å². The number of likely N-dealkylation sites (tertiary alicyclic amines) is 1. The number of hydrogen-bond acceptors (Lipinski definition) is 5. The predicted octanol–water partition coefficient (Wildman–Crippen LogP) is 1.82. The van der Waals surface area contributed by atoms with Gasteiger partial charge in [0.25, 0.3) is 5.69 Å². The number of aromatic carboxylic acids is 1. The van der Waals surface area contributed by atoms with E-state index >= 15 is 0 Å². The van der Waals surface area contributed by atoms with Crippen molar-refractivity contribution in [2.45, 2.75) is 12.8 Å². The monoisotopic (exact) mass is 293 g/mol. The number of nitro benzene ring substituents is 1. The lowest BCUT2D eigenvalue weighted by Gasteiger charge is -2.24. The number of carboxylic acid groups (broad SMARTS) is 1. The van der Waals surface area contributed by atoms with E-state index in [1.807, 2.05) is 0 Å². The largest absolute Gasteiger partial charge is 0.478 e. The maximum Gasteiger partial charge on any atom is 0.337 e. The molecule has 1 aliphatic heterocycles. The lowest BCUT2D eigenvalue weighted by molar-refractivity contribution is -0.384. The van der Waals surface area contributed by atoms with Gasteiger partial charge in [-0.25, -0.2) is 4.79 Å². The molecule has 0 aliphatic carbocycles. The van der Waals surface area contributed by atoms with E-state index < -0.39 is 10.9 Å². The SMILES string of the molecule is CN(CCN1CCCC1)c1cc([N+](=O)[O-])ccc1C(=O)O. The summed E-state index contributed by atoms with van der Waals surface area (Å²) >= 11 is 0. The molecule has 0 amide bonds. The Labute approximate surface area is 122 Å². The highest BCUT2D eigenvalue weighted by Gasteiger charge is 2.19. The lowest BCUT2D eigenvalue weighted by atomic mass is 10.1. The fourth-order valence-electron chi connectivity index (χ4n) is 2.55. The molecule has 0 spiro atoms. The molecule has 1 N–H and O–H groups in total. The summed E-state index contributed by atoms with van der Waals surface area (Å²) in [6, 6.07) is 3.84. The number of rotatable bonds is 6. The first-order chi connectivity index (χ1) is 9.99. The van der Waals surface area contributed by atoms with Crippen molar-refractivity contribution in [3.05, 3.63) is 33.9 Å². The number of benzene rings is 1. The van der Waals surface area contributed by atoms with Crippen molar-refractivity contribution >= 4 is 17.3 Å². The number of likely N-dealkylation sites (N-methyl/N-ethyl adjacent to an activating group) is 1. The van der Waals surface area contributed by atoms with Gasteiger partial charge in [0, 0.05) is 32.3 Å². The van der Waals surface area contributed by atoms with Crippen LogP contribution >= 0.6 is 0 Å². The first-order valence-corrected chi connectivity index (χ1v) is 6.94. The minimum absolute atomic E-state index is 0.0875. The molecule has 7 heteroatoms. The smallest absolute Gasteiger partial charge is 0.337 e. The Balaban J connectivity index is 2.15. The van der Waals surface area contributed by atoms with Crippen molar-refractivity contribution in [2.75, 3.05) is 38.1 Å². The zero-order valence-corrected chi connectivity index (χ0v) is 12.0. The van der Waals surface area contributed by atoms with E-state index in [9.17, 15) is 20.0 Å². The second-order valence-electron chi connectivity index (χ2n) is 5.23. The highest BCUT2D eigenvalue weighted by molar-refractivity contribution is 5.95. The van der Waals surface area contributed by atoms with Gasteiger partial charge in [-0.15, -0.1) is 0 Å². The van der Waals surface area contributed by atoms with Gasteiger partial charge in [-0.2, -0.15) is 0 Å². The van der Waals surface area contributed by atoms with E-state index in [4.69, 9.17) is 0 Å². The molecule has 1 heterocycles. The standard InChI is InChI=1S/C14H19N3O4/c1-15(8-9-16-6-2-3-7-16)13-10-11(17(20)21)4-5-12(13)14(18)19/h4-5,10H,2-3,6-9H2,1H3,(H,18,19). The van der Waals surface area contributed by atoms with Gasteiger partial charge in [0.1, 0.15) is 0 Å². The third-order valence-electron chi connectivity index (χ3n) is 3.78. The van der Waals surface area contributed by atoms with Gasteiger partial charge in [0.05, 0.1) is 16.2 Å². The molecule has 21 heavy (non-hydrogen) atoms. The van der Waals surface area contributed by atoms with Crippen molar-refractivity contribution in [3.8, 4) is 0 Å². The molecular formula is C14H19N3O4. The summed E-state index contributed by atoms with van der Waals surface area (Å²) in [5.41, 5.74) is 0.378. The highest BCUT2D eigenvalue weighted by Crippen LogP contribution is 2.25. The third-order valence-corrected chi connectivity index (χ3v) is 3.78. The van der Waals surface area contributed by atoms with Crippen molar-refractivity contribution in [1.29, 1.82) is 0 Å². The van der Waals surface area contributed by atoms with E-state index in [-0.39, 0.29) is 11.3 Å². The average Bonchev–Trinajstić information content (AvgIpc) is 2.97. The van der Waals surface area contributed by atoms with Crippen LogP contribution in [0.2, 0.25) is 0 Å². The number of nitrogens with zero attached hydrogens (tertiary/aromatic N) is 3. The van der Waals surface area contributed by atoms with E-state index in [2.05, 4.69) is 4.90 Å². The average molecular weight is 293 g/mol. The number of non-ortho nitro benzene ring substituents is 1. The summed E-state index contributed by atoms with van der Waals surface area (Å²) in [6.07, 6.45) is 2.39.